The molecule has 2 heteroatoms. The minimum Gasteiger partial charge on any atom is -0.389 e. The molecule has 4 aliphatic rings. The molecule has 0 bridgehead atoms. The van der Waals surface area contributed by atoms with E-state index in [0.717, 1.165) is 38.5 Å². The third-order valence-electron chi connectivity index (χ3n) is 7.33. The fraction of sp³-hybridized carbons (Fsp3) is 0.591. The molecule has 0 unspecified atom stereocenters. The van der Waals surface area contributed by atoms with Gasteiger partial charge in [-0.2, -0.15) is 0 Å². The van der Waals surface area contributed by atoms with Crippen LogP contribution in [0, 0.1) is 17.3 Å². The Labute approximate surface area is 145 Å². The first-order valence-electron chi connectivity index (χ1n) is 9.54. The lowest BCUT2D eigenvalue weighted by Crippen LogP contribution is -2.49. The van der Waals surface area contributed by atoms with Crippen LogP contribution in [0.4, 0.5) is 0 Å². The third-order valence-corrected chi connectivity index (χ3v) is 7.33. The van der Waals surface area contributed by atoms with Crippen molar-refractivity contribution in [3.8, 4) is 0 Å². The molecular formula is C22H28O2. The van der Waals surface area contributed by atoms with Crippen molar-refractivity contribution in [3.05, 3.63) is 47.6 Å². The molecule has 0 amide bonds. The van der Waals surface area contributed by atoms with E-state index < -0.39 is 5.60 Å². The summed E-state index contributed by atoms with van der Waals surface area (Å²) < 4.78 is 0. The monoisotopic (exact) mass is 324 g/mol. The molecule has 0 heterocycles. The minimum absolute atomic E-state index is 0.110. The Kier molecular flexibility index (Phi) is 3.72. The van der Waals surface area contributed by atoms with E-state index in [4.69, 9.17) is 0 Å². The van der Waals surface area contributed by atoms with Gasteiger partial charge in [-0.15, -0.1) is 6.58 Å². The molecule has 0 aromatic heterocycles. The summed E-state index contributed by atoms with van der Waals surface area (Å²) in [5.74, 6) is 1.37. The molecule has 1 saturated carbocycles. The molecule has 0 aromatic carbocycles. The SMILES string of the molecule is C=CC[C@]1(O)CC[C@@H]2[C@@H]3CCC4=CC(=O)CCC4=C3C=C[C@@]21CC. The highest BCUT2D eigenvalue weighted by molar-refractivity contribution is 5.93. The summed E-state index contributed by atoms with van der Waals surface area (Å²) in [6, 6.07) is 0. The van der Waals surface area contributed by atoms with Gasteiger partial charge in [-0.25, -0.2) is 0 Å². The number of hydrogen-bond donors (Lipinski definition) is 1. The third kappa shape index (κ3) is 2.02. The Morgan fingerprint density at radius 3 is 2.92 bits per heavy atom. The summed E-state index contributed by atoms with van der Waals surface area (Å²) in [5, 5.41) is 11.4. The molecule has 4 atom stereocenters. The van der Waals surface area contributed by atoms with E-state index >= 15 is 0 Å². The predicted molar refractivity (Wildman–Crippen MR) is 96.4 cm³/mol. The van der Waals surface area contributed by atoms with Crippen molar-refractivity contribution in [3.63, 3.8) is 0 Å². The zero-order valence-electron chi connectivity index (χ0n) is 14.7. The highest BCUT2D eigenvalue weighted by atomic mass is 16.3. The van der Waals surface area contributed by atoms with Crippen LogP contribution < -0.4 is 0 Å². The van der Waals surface area contributed by atoms with Gasteiger partial charge in [0, 0.05) is 11.8 Å². The molecule has 0 spiro atoms. The number of rotatable bonds is 3. The first kappa shape index (κ1) is 16.1. The molecule has 4 rings (SSSR count). The summed E-state index contributed by atoms with van der Waals surface area (Å²) in [7, 11) is 0. The topological polar surface area (TPSA) is 37.3 Å². The average molecular weight is 324 g/mol. The van der Waals surface area contributed by atoms with Crippen molar-refractivity contribution in [2.24, 2.45) is 17.3 Å². The summed E-state index contributed by atoms with van der Waals surface area (Å²) in [6.45, 7) is 6.11. The van der Waals surface area contributed by atoms with Crippen LogP contribution in [-0.4, -0.2) is 16.5 Å². The summed E-state index contributed by atoms with van der Waals surface area (Å²) in [6.07, 6.45) is 15.8. The average Bonchev–Trinajstić information content (AvgIpc) is 2.88. The van der Waals surface area contributed by atoms with E-state index in [1.807, 2.05) is 12.2 Å². The maximum atomic E-state index is 11.8. The first-order chi connectivity index (χ1) is 11.5. The quantitative estimate of drug-likeness (QED) is 0.766. The van der Waals surface area contributed by atoms with E-state index in [9.17, 15) is 9.90 Å². The summed E-state index contributed by atoms with van der Waals surface area (Å²) >= 11 is 0. The van der Waals surface area contributed by atoms with Gasteiger partial charge in [0.1, 0.15) is 0 Å². The maximum absolute atomic E-state index is 11.8. The van der Waals surface area contributed by atoms with Gasteiger partial charge in [0.05, 0.1) is 5.60 Å². The van der Waals surface area contributed by atoms with Gasteiger partial charge >= 0.3 is 0 Å². The van der Waals surface area contributed by atoms with E-state index in [2.05, 4.69) is 25.7 Å². The molecule has 0 saturated heterocycles. The van der Waals surface area contributed by atoms with Crippen LogP contribution >= 0.6 is 0 Å². The Morgan fingerprint density at radius 2 is 2.17 bits per heavy atom. The highest BCUT2D eigenvalue weighted by Crippen LogP contribution is 2.63. The van der Waals surface area contributed by atoms with Crippen molar-refractivity contribution in [2.75, 3.05) is 0 Å². The Balaban J connectivity index is 1.81. The lowest BCUT2D eigenvalue weighted by atomic mass is 9.56. The molecule has 1 fully saturated rings. The van der Waals surface area contributed by atoms with Crippen molar-refractivity contribution >= 4 is 5.78 Å². The Bertz CT molecular complexity index is 680. The van der Waals surface area contributed by atoms with Crippen LogP contribution in [0.5, 0.6) is 0 Å². The largest absolute Gasteiger partial charge is 0.389 e. The molecule has 4 aliphatic carbocycles. The van der Waals surface area contributed by atoms with Crippen LogP contribution in [0.1, 0.15) is 58.3 Å². The van der Waals surface area contributed by atoms with E-state index in [-0.39, 0.29) is 11.2 Å². The van der Waals surface area contributed by atoms with Gasteiger partial charge in [0.15, 0.2) is 5.78 Å². The Morgan fingerprint density at radius 1 is 1.33 bits per heavy atom. The lowest BCUT2D eigenvalue weighted by molar-refractivity contribution is -0.114. The number of hydrogen-bond acceptors (Lipinski definition) is 2. The van der Waals surface area contributed by atoms with Crippen molar-refractivity contribution < 1.29 is 9.90 Å². The standard InChI is InChI=1S/C22H28O2/c1-3-11-22(24)13-10-20-19-7-5-15-14-16(23)6-8-17(15)18(19)9-12-21(20,22)4-2/h3,9,12,14,19-20,24H,1,4-8,10-11,13H2,2H3/t19-,20-,21+,22+/m1/s1. The minimum atomic E-state index is -0.639. The number of aliphatic hydroxyl groups is 1. The lowest BCUT2D eigenvalue weighted by Gasteiger charge is -2.50. The van der Waals surface area contributed by atoms with Crippen LogP contribution in [0.3, 0.4) is 0 Å². The Hall–Kier alpha value is -1.41. The van der Waals surface area contributed by atoms with Gasteiger partial charge in [-0.3, -0.25) is 4.79 Å². The number of carbonyl (C=O) groups is 1. The number of carbonyl (C=O) groups excluding carboxylic acids is 1. The molecule has 0 radical (unpaired) electrons. The summed E-state index contributed by atoms with van der Waals surface area (Å²) in [5.41, 5.74) is 3.44. The van der Waals surface area contributed by atoms with E-state index in [1.54, 1.807) is 0 Å². The van der Waals surface area contributed by atoms with Gasteiger partial charge in [0.2, 0.25) is 0 Å². The maximum Gasteiger partial charge on any atom is 0.156 e. The van der Waals surface area contributed by atoms with Crippen molar-refractivity contribution in [1.82, 2.24) is 0 Å². The number of allylic oxidation sites excluding steroid dienone is 5. The van der Waals surface area contributed by atoms with Crippen LogP contribution in [0.2, 0.25) is 0 Å². The second kappa shape index (κ2) is 5.56. The predicted octanol–water partition coefficient (Wildman–Crippen LogP) is 4.67. The molecule has 24 heavy (non-hydrogen) atoms. The molecule has 1 N–H and O–H groups in total. The molecule has 0 aromatic rings. The molecule has 128 valence electrons. The molecule has 2 nitrogen and oxygen atoms in total. The molecule has 0 aliphatic heterocycles. The second-order valence-corrected chi connectivity index (χ2v) is 8.11. The number of ketones is 1. The van der Waals surface area contributed by atoms with Crippen molar-refractivity contribution in [2.45, 2.75) is 63.9 Å². The zero-order chi connectivity index (χ0) is 16.9. The second-order valence-electron chi connectivity index (χ2n) is 8.11. The zero-order valence-corrected chi connectivity index (χ0v) is 14.7. The normalized spacial score (nSPS) is 40.8. The smallest absolute Gasteiger partial charge is 0.156 e. The fourth-order valence-electron chi connectivity index (χ4n) is 6.19. The van der Waals surface area contributed by atoms with Crippen LogP contribution in [-0.2, 0) is 4.79 Å². The number of fused-ring (bicyclic) bond motifs is 4. The van der Waals surface area contributed by atoms with Gasteiger partial charge in [-0.05, 0) is 79.6 Å². The van der Waals surface area contributed by atoms with Gasteiger partial charge in [0.25, 0.3) is 0 Å². The highest BCUT2D eigenvalue weighted by Gasteiger charge is 2.60. The van der Waals surface area contributed by atoms with Gasteiger partial charge < -0.3 is 5.11 Å². The molecular weight excluding hydrogens is 296 g/mol. The van der Waals surface area contributed by atoms with Crippen molar-refractivity contribution in [1.29, 1.82) is 0 Å². The summed E-state index contributed by atoms with van der Waals surface area (Å²) in [4.78, 5) is 11.8. The van der Waals surface area contributed by atoms with Crippen LogP contribution in [0.15, 0.2) is 47.6 Å². The fourth-order valence-corrected chi connectivity index (χ4v) is 6.19. The van der Waals surface area contributed by atoms with Gasteiger partial charge in [-0.1, -0.05) is 25.2 Å². The van der Waals surface area contributed by atoms with E-state index in [1.165, 1.54) is 16.7 Å². The first-order valence-corrected chi connectivity index (χ1v) is 9.54. The van der Waals surface area contributed by atoms with E-state index in [0.29, 0.717) is 24.7 Å². The van der Waals surface area contributed by atoms with Crippen LogP contribution in [0.25, 0.3) is 0 Å².